The number of carbonyl (C=O) groups excluding carboxylic acids is 2. The number of rotatable bonds is 10. The highest BCUT2D eigenvalue weighted by Crippen LogP contribution is 2.27. The molecule has 0 spiro atoms. The van der Waals surface area contributed by atoms with Crippen LogP contribution in [-0.2, 0) is 25.5 Å². The topological polar surface area (TPSA) is 95.9 Å². The number of nitrogens with one attached hydrogen (secondary N) is 1. The van der Waals surface area contributed by atoms with E-state index in [2.05, 4.69) is 5.32 Å². The third kappa shape index (κ3) is 6.47. The molecule has 0 aliphatic carbocycles. The van der Waals surface area contributed by atoms with Crippen molar-refractivity contribution in [1.82, 2.24) is 10.2 Å². The summed E-state index contributed by atoms with van der Waals surface area (Å²) in [6.45, 7) is 4.07. The van der Waals surface area contributed by atoms with Crippen LogP contribution in [0.15, 0.2) is 30.3 Å². The minimum Gasteiger partial charge on any atom is -0.480 e. The number of benzene rings is 1. The molecular formula is C21H30N2O5S. The van der Waals surface area contributed by atoms with Gasteiger partial charge in [-0.2, -0.15) is 11.8 Å². The number of amides is 1. The summed E-state index contributed by atoms with van der Waals surface area (Å²) in [6, 6.07) is 7.63. The molecule has 160 valence electrons. The summed E-state index contributed by atoms with van der Waals surface area (Å²) < 4.78 is 5.17. The van der Waals surface area contributed by atoms with Crippen LogP contribution < -0.4 is 5.32 Å². The van der Waals surface area contributed by atoms with Gasteiger partial charge in [0.2, 0.25) is 5.91 Å². The summed E-state index contributed by atoms with van der Waals surface area (Å²) in [6.07, 6.45) is 3.49. The molecule has 1 fully saturated rings. The third-order valence-electron chi connectivity index (χ3n) is 5.12. The number of nitrogens with zero attached hydrogens (tertiary/aromatic N) is 1. The average molecular weight is 423 g/mol. The lowest BCUT2D eigenvalue weighted by atomic mass is 10.0. The third-order valence-corrected chi connectivity index (χ3v) is 6.13. The van der Waals surface area contributed by atoms with E-state index in [9.17, 15) is 19.5 Å². The van der Waals surface area contributed by atoms with Gasteiger partial charge in [0.15, 0.2) is 0 Å². The Morgan fingerprint density at radius 2 is 2.00 bits per heavy atom. The number of ether oxygens (including phenoxy) is 1. The second kappa shape index (κ2) is 11.2. The largest absolute Gasteiger partial charge is 0.480 e. The van der Waals surface area contributed by atoms with Crippen molar-refractivity contribution in [2.24, 2.45) is 0 Å². The molecule has 2 rings (SSSR count). The van der Waals surface area contributed by atoms with Crippen molar-refractivity contribution in [2.45, 2.75) is 56.5 Å². The van der Waals surface area contributed by atoms with E-state index >= 15 is 0 Å². The van der Waals surface area contributed by atoms with Crippen LogP contribution in [0.5, 0.6) is 0 Å². The summed E-state index contributed by atoms with van der Waals surface area (Å²) in [7, 11) is 0. The first-order chi connectivity index (χ1) is 13.9. The standard InChI is InChI=1S/C21H30N2O5S/c1-4-28-21(27)17(11-10-15-8-6-5-7-9-15)22-14(2)19(24)23-13-16(29-3)12-18(23)20(25)26/h5-9,14,16-18,22H,4,10-13H2,1-3H3,(H,25,26)/t14-,16+,17-,18-/m0/s1. The van der Waals surface area contributed by atoms with Gasteiger partial charge in [-0.25, -0.2) is 4.79 Å². The van der Waals surface area contributed by atoms with Gasteiger partial charge in [-0.05, 0) is 44.9 Å². The predicted octanol–water partition coefficient (Wildman–Crippen LogP) is 1.95. The Kier molecular flexibility index (Phi) is 8.98. The lowest BCUT2D eigenvalue weighted by Gasteiger charge is -2.28. The van der Waals surface area contributed by atoms with E-state index < -0.39 is 30.1 Å². The number of esters is 1. The molecule has 0 unspecified atom stereocenters. The van der Waals surface area contributed by atoms with E-state index in [1.165, 1.54) is 4.90 Å². The van der Waals surface area contributed by atoms with Crippen LogP contribution in [0.25, 0.3) is 0 Å². The van der Waals surface area contributed by atoms with E-state index in [0.717, 1.165) is 5.56 Å². The first-order valence-corrected chi connectivity index (χ1v) is 11.2. The van der Waals surface area contributed by atoms with E-state index in [1.807, 2.05) is 36.6 Å². The minimum absolute atomic E-state index is 0.103. The van der Waals surface area contributed by atoms with Gasteiger partial charge in [0.05, 0.1) is 12.6 Å². The van der Waals surface area contributed by atoms with E-state index in [0.29, 0.717) is 25.8 Å². The molecule has 0 saturated carbocycles. The van der Waals surface area contributed by atoms with Gasteiger partial charge >= 0.3 is 11.9 Å². The molecule has 1 amide bonds. The Hall–Kier alpha value is -2.06. The van der Waals surface area contributed by atoms with Crippen molar-refractivity contribution in [3.8, 4) is 0 Å². The molecule has 1 saturated heterocycles. The van der Waals surface area contributed by atoms with Gasteiger partial charge < -0.3 is 14.7 Å². The normalized spacial score (nSPS) is 20.9. The Morgan fingerprint density at radius 3 is 2.59 bits per heavy atom. The molecule has 2 N–H and O–H groups in total. The monoisotopic (exact) mass is 422 g/mol. The molecule has 0 bridgehead atoms. The van der Waals surface area contributed by atoms with Crippen LogP contribution in [0, 0.1) is 0 Å². The second-order valence-electron chi connectivity index (χ2n) is 7.16. The average Bonchev–Trinajstić information content (AvgIpc) is 3.16. The summed E-state index contributed by atoms with van der Waals surface area (Å²) in [4.78, 5) is 38.4. The zero-order chi connectivity index (χ0) is 21.4. The smallest absolute Gasteiger partial charge is 0.326 e. The van der Waals surface area contributed by atoms with Crippen molar-refractivity contribution >= 4 is 29.6 Å². The number of carbonyl (C=O) groups is 3. The highest BCUT2D eigenvalue weighted by atomic mass is 32.2. The van der Waals surface area contributed by atoms with Crippen molar-refractivity contribution in [3.05, 3.63) is 35.9 Å². The number of aryl methyl sites for hydroxylation is 1. The molecule has 1 aliphatic heterocycles. The van der Waals surface area contributed by atoms with Crippen LogP contribution in [-0.4, -0.2) is 70.6 Å². The number of hydrogen-bond acceptors (Lipinski definition) is 6. The summed E-state index contributed by atoms with van der Waals surface area (Å²) in [5.41, 5.74) is 1.09. The molecular weight excluding hydrogens is 392 g/mol. The number of hydrogen-bond donors (Lipinski definition) is 2. The molecule has 1 aromatic rings. The second-order valence-corrected chi connectivity index (χ2v) is 8.29. The molecule has 4 atom stereocenters. The number of carboxylic acid groups (broad SMARTS) is 1. The summed E-state index contributed by atoms with van der Waals surface area (Å²) in [5, 5.41) is 12.7. The Morgan fingerprint density at radius 1 is 1.31 bits per heavy atom. The number of thioether (sulfide) groups is 1. The molecule has 0 aromatic heterocycles. The van der Waals surface area contributed by atoms with Crippen molar-refractivity contribution in [2.75, 3.05) is 19.4 Å². The maximum absolute atomic E-state index is 13.0. The van der Waals surface area contributed by atoms with Crippen LogP contribution in [0.2, 0.25) is 0 Å². The number of carboxylic acids is 1. The number of aliphatic carboxylic acids is 1. The molecule has 0 radical (unpaired) electrons. The first-order valence-electron chi connectivity index (χ1n) is 9.90. The molecule has 1 aliphatic rings. The van der Waals surface area contributed by atoms with Crippen molar-refractivity contribution < 1.29 is 24.2 Å². The van der Waals surface area contributed by atoms with Crippen molar-refractivity contribution in [1.29, 1.82) is 0 Å². The van der Waals surface area contributed by atoms with Gasteiger partial charge in [0.25, 0.3) is 0 Å². The highest BCUT2D eigenvalue weighted by Gasteiger charge is 2.41. The predicted molar refractivity (Wildman–Crippen MR) is 113 cm³/mol. The SMILES string of the molecule is CCOC(=O)[C@H](CCc1ccccc1)N[C@@H](C)C(=O)N1C[C@H](SC)C[C@H]1C(=O)O. The molecule has 1 aromatic carbocycles. The lowest BCUT2D eigenvalue weighted by Crippen LogP contribution is -2.53. The highest BCUT2D eigenvalue weighted by molar-refractivity contribution is 7.99. The summed E-state index contributed by atoms with van der Waals surface area (Å²) >= 11 is 1.57. The van der Waals surface area contributed by atoms with Gasteiger partial charge in [-0.3, -0.25) is 14.9 Å². The van der Waals surface area contributed by atoms with E-state index in [-0.39, 0.29) is 17.8 Å². The van der Waals surface area contributed by atoms with Crippen LogP contribution in [0.1, 0.15) is 32.3 Å². The molecule has 29 heavy (non-hydrogen) atoms. The molecule has 8 heteroatoms. The fourth-order valence-electron chi connectivity index (χ4n) is 3.54. The van der Waals surface area contributed by atoms with Gasteiger partial charge in [0.1, 0.15) is 12.1 Å². The van der Waals surface area contributed by atoms with Gasteiger partial charge in [0, 0.05) is 11.8 Å². The maximum Gasteiger partial charge on any atom is 0.326 e. The molecule has 1 heterocycles. The van der Waals surface area contributed by atoms with Gasteiger partial charge in [-0.1, -0.05) is 30.3 Å². The van der Waals surface area contributed by atoms with Gasteiger partial charge in [-0.15, -0.1) is 0 Å². The zero-order valence-corrected chi connectivity index (χ0v) is 18.0. The molecule has 7 nitrogen and oxygen atoms in total. The van der Waals surface area contributed by atoms with Crippen LogP contribution >= 0.6 is 11.8 Å². The quantitative estimate of drug-likeness (QED) is 0.556. The fraction of sp³-hybridized carbons (Fsp3) is 0.571. The maximum atomic E-state index is 13.0. The minimum atomic E-state index is -0.992. The zero-order valence-electron chi connectivity index (χ0n) is 17.2. The fourth-order valence-corrected chi connectivity index (χ4v) is 4.22. The van der Waals surface area contributed by atoms with E-state index in [1.54, 1.807) is 25.6 Å². The van der Waals surface area contributed by atoms with Crippen molar-refractivity contribution in [3.63, 3.8) is 0 Å². The Balaban J connectivity index is 2.05. The Labute approximate surface area is 176 Å². The number of likely N-dealkylation sites (tertiary alicyclic amines) is 1. The van der Waals surface area contributed by atoms with Crippen LogP contribution in [0.3, 0.4) is 0 Å². The van der Waals surface area contributed by atoms with Crippen LogP contribution in [0.4, 0.5) is 0 Å². The van der Waals surface area contributed by atoms with E-state index in [4.69, 9.17) is 4.74 Å². The first kappa shape index (κ1) is 23.2. The Bertz CT molecular complexity index is 700. The lowest BCUT2D eigenvalue weighted by molar-refractivity contribution is -0.150. The summed E-state index contributed by atoms with van der Waals surface area (Å²) in [5.74, 6) is -1.70.